The lowest BCUT2D eigenvalue weighted by Crippen LogP contribution is -2.24. The number of halogens is 1. The second-order valence-electron chi connectivity index (χ2n) is 5.36. The van der Waals surface area contributed by atoms with Crippen molar-refractivity contribution in [1.29, 1.82) is 0 Å². The molecule has 0 saturated carbocycles. The summed E-state index contributed by atoms with van der Waals surface area (Å²) in [5.41, 5.74) is 0.566. The number of sulfonamides is 1. The number of rotatable bonds is 7. The number of nitrogens with zero attached hydrogens (tertiary/aromatic N) is 2. The molecule has 2 aromatic carbocycles. The van der Waals surface area contributed by atoms with Gasteiger partial charge >= 0.3 is 0 Å². The molecule has 0 spiro atoms. The first-order valence-corrected chi connectivity index (χ1v) is 9.46. The van der Waals surface area contributed by atoms with Gasteiger partial charge in [-0.2, -0.15) is 0 Å². The van der Waals surface area contributed by atoms with Crippen LogP contribution in [0.5, 0.6) is 5.75 Å². The third-order valence-electron chi connectivity index (χ3n) is 3.54. The van der Waals surface area contributed by atoms with Crippen LogP contribution in [0.15, 0.2) is 42.5 Å². The molecule has 2 aromatic rings. The van der Waals surface area contributed by atoms with Gasteiger partial charge in [0.1, 0.15) is 5.75 Å². The van der Waals surface area contributed by atoms with Gasteiger partial charge in [0.25, 0.3) is 5.69 Å². The minimum absolute atomic E-state index is 0.0251. The van der Waals surface area contributed by atoms with Crippen molar-refractivity contribution in [2.75, 3.05) is 24.2 Å². The molecule has 0 atom stereocenters. The Morgan fingerprint density at radius 2 is 1.85 bits per heavy atom. The Hall–Kier alpha value is -2.65. The summed E-state index contributed by atoms with van der Waals surface area (Å²) in [7, 11) is -1.98. The summed E-state index contributed by atoms with van der Waals surface area (Å²) in [6.07, 6.45) is 1.08. The van der Waals surface area contributed by atoms with Crippen LogP contribution in [0.25, 0.3) is 0 Å². The van der Waals surface area contributed by atoms with E-state index in [2.05, 4.69) is 0 Å². The van der Waals surface area contributed by atoms with Gasteiger partial charge in [-0.3, -0.25) is 19.2 Å². The highest BCUT2D eigenvalue weighted by atomic mass is 35.5. The molecular weight excluding hydrogens is 384 g/mol. The van der Waals surface area contributed by atoms with Crippen molar-refractivity contribution in [2.45, 2.75) is 0 Å². The monoisotopic (exact) mass is 398 g/mol. The highest BCUT2D eigenvalue weighted by Gasteiger charge is 2.15. The first kappa shape index (κ1) is 19.7. The van der Waals surface area contributed by atoms with E-state index < -0.39 is 14.9 Å². The topological polar surface area (TPSA) is 107 Å². The van der Waals surface area contributed by atoms with Crippen molar-refractivity contribution in [3.63, 3.8) is 0 Å². The lowest BCUT2D eigenvalue weighted by molar-refractivity contribution is -0.384. The van der Waals surface area contributed by atoms with E-state index in [4.69, 9.17) is 16.3 Å². The highest BCUT2D eigenvalue weighted by molar-refractivity contribution is 7.92. The lowest BCUT2D eigenvalue weighted by Gasteiger charge is -2.16. The third-order valence-corrected chi connectivity index (χ3v) is 5.04. The van der Waals surface area contributed by atoms with Crippen LogP contribution in [0.4, 0.5) is 11.4 Å². The number of Topliss-reactive ketones (excluding diaryl/α,β-unsaturated/α-hetero) is 1. The van der Waals surface area contributed by atoms with Gasteiger partial charge in [0.05, 0.1) is 21.9 Å². The number of carbonyl (C=O) groups excluding carboxylic acids is 1. The molecule has 0 radical (unpaired) electrons. The quantitative estimate of drug-likeness (QED) is 0.403. The molecule has 138 valence electrons. The summed E-state index contributed by atoms with van der Waals surface area (Å²) in [6, 6.07) is 9.66. The summed E-state index contributed by atoms with van der Waals surface area (Å²) >= 11 is 5.90. The predicted octanol–water partition coefficient (Wildman–Crippen LogP) is 2.91. The van der Waals surface area contributed by atoms with Crippen LogP contribution in [-0.4, -0.2) is 39.0 Å². The first-order valence-electron chi connectivity index (χ1n) is 7.23. The third kappa shape index (κ3) is 4.70. The molecule has 0 fully saturated rings. The number of hydrogen-bond donors (Lipinski definition) is 0. The van der Waals surface area contributed by atoms with Gasteiger partial charge in [-0.15, -0.1) is 0 Å². The number of anilines is 1. The van der Waals surface area contributed by atoms with Gasteiger partial charge in [-0.25, -0.2) is 8.42 Å². The second-order valence-corrected chi connectivity index (χ2v) is 7.78. The van der Waals surface area contributed by atoms with Crippen LogP contribution in [0.2, 0.25) is 5.02 Å². The number of ketones is 1. The van der Waals surface area contributed by atoms with Crippen molar-refractivity contribution in [1.82, 2.24) is 0 Å². The zero-order valence-electron chi connectivity index (χ0n) is 13.9. The zero-order chi connectivity index (χ0) is 19.5. The first-order chi connectivity index (χ1) is 12.1. The number of benzene rings is 2. The lowest BCUT2D eigenvalue weighted by atomic mass is 10.1. The molecule has 10 heteroatoms. The van der Waals surface area contributed by atoms with Gasteiger partial charge in [0.2, 0.25) is 10.0 Å². The van der Waals surface area contributed by atoms with Crippen molar-refractivity contribution < 1.29 is 22.9 Å². The summed E-state index contributed by atoms with van der Waals surface area (Å²) in [4.78, 5) is 22.3. The Kier molecular flexibility index (Phi) is 5.83. The van der Waals surface area contributed by atoms with Crippen molar-refractivity contribution >= 4 is 38.8 Å². The molecule has 26 heavy (non-hydrogen) atoms. The van der Waals surface area contributed by atoms with Gasteiger partial charge in [0, 0.05) is 24.7 Å². The molecule has 0 aromatic heterocycles. The summed E-state index contributed by atoms with van der Waals surface area (Å²) in [5.74, 6) is -0.202. The molecule has 2 rings (SSSR count). The van der Waals surface area contributed by atoms with Gasteiger partial charge < -0.3 is 4.74 Å². The van der Waals surface area contributed by atoms with Crippen LogP contribution in [0, 0.1) is 10.1 Å². The maximum absolute atomic E-state index is 12.2. The van der Waals surface area contributed by atoms with E-state index in [1.165, 1.54) is 43.4 Å². The molecule has 0 aliphatic rings. The average Bonchev–Trinajstić information content (AvgIpc) is 2.59. The van der Waals surface area contributed by atoms with Crippen molar-refractivity contribution in [3.8, 4) is 5.75 Å². The molecule has 0 saturated heterocycles. The van der Waals surface area contributed by atoms with Crippen LogP contribution in [0.3, 0.4) is 0 Å². The molecule has 0 aliphatic carbocycles. The van der Waals surface area contributed by atoms with Crippen LogP contribution < -0.4 is 9.04 Å². The van der Waals surface area contributed by atoms with Crippen molar-refractivity contribution in [2.24, 2.45) is 0 Å². The molecule has 0 heterocycles. The van der Waals surface area contributed by atoms with E-state index in [0.29, 0.717) is 11.3 Å². The molecule has 8 nitrogen and oxygen atoms in total. The Balaban J connectivity index is 2.05. The number of nitro groups is 1. The van der Waals surface area contributed by atoms with E-state index in [1.807, 2.05) is 0 Å². The zero-order valence-corrected chi connectivity index (χ0v) is 15.5. The summed E-state index contributed by atoms with van der Waals surface area (Å²) < 4.78 is 29.4. The number of nitro benzene ring substituents is 1. The minimum Gasteiger partial charge on any atom is -0.484 e. The smallest absolute Gasteiger partial charge is 0.271 e. The van der Waals surface area contributed by atoms with E-state index >= 15 is 0 Å². The molecule has 0 amide bonds. The Bertz CT molecular complexity index is 944. The fourth-order valence-corrected chi connectivity index (χ4v) is 2.73. The average molecular weight is 399 g/mol. The van der Waals surface area contributed by atoms with E-state index in [1.54, 1.807) is 0 Å². The standard InChI is InChI=1S/C16H15ClN2O6S/c1-18(26(2,23)24)12-5-3-11(4-6-12)15(20)10-25-16-8-7-13(19(21)22)9-14(16)17/h3-9H,10H2,1-2H3. The summed E-state index contributed by atoms with van der Waals surface area (Å²) in [6.45, 7) is -0.321. The molecular formula is C16H15ClN2O6S. The van der Waals surface area contributed by atoms with Crippen LogP contribution in [-0.2, 0) is 10.0 Å². The van der Waals surface area contributed by atoms with Gasteiger partial charge in [-0.1, -0.05) is 11.6 Å². The Morgan fingerprint density at radius 3 is 2.35 bits per heavy atom. The summed E-state index contributed by atoms with van der Waals surface area (Å²) in [5, 5.41) is 10.7. The molecule has 0 unspecified atom stereocenters. The highest BCUT2D eigenvalue weighted by Crippen LogP contribution is 2.28. The Morgan fingerprint density at radius 1 is 1.23 bits per heavy atom. The minimum atomic E-state index is -3.39. The predicted molar refractivity (Wildman–Crippen MR) is 97.6 cm³/mol. The maximum Gasteiger partial charge on any atom is 0.271 e. The molecule has 0 bridgehead atoms. The molecule has 0 N–H and O–H groups in total. The SMILES string of the molecule is CN(c1ccc(C(=O)COc2ccc([N+](=O)[O-])cc2Cl)cc1)S(C)(=O)=O. The number of non-ortho nitro benzene ring substituents is 1. The van der Waals surface area contributed by atoms with Crippen molar-refractivity contribution in [3.05, 3.63) is 63.2 Å². The number of ether oxygens (including phenoxy) is 1. The normalized spacial score (nSPS) is 11.0. The Labute approximate surface area is 155 Å². The van der Waals surface area contributed by atoms with Gasteiger partial charge in [0.15, 0.2) is 12.4 Å². The number of hydrogen-bond acceptors (Lipinski definition) is 6. The fourth-order valence-electron chi connectivity index (χ4n) is 2.00. The maximum atomic E-state index is 12.2. The van der Waals surface area contributed by atoms with Gasteiger partial charge in [-0.05, 0) is 30.3 Å². The largest absolute Gasteiger partial charge is 0.484 e. The van der Waals surface area contributed by atoms with E-state index in [-0.39, 0.29) is 28.8 Å². The van der Waals surface area contributed by atoms with E-state index in [0.717, 1.165) is 16.6 Å². The van der Waals surface area contributed by atoms with Crippen LogP contribution in [0.1, 0.15) is 10.4 Å². The van der Waals surface area contributed by atoms with Crippen LogP contribution >= 0.6 is 11.6 Å². The molecule has 0 aliphatic heterocycles. The second kappa shape index (κ2) is 7.71. The fraction of sp³-hybridized carbons (Fsp3) is 0.188. The number of carbonyl (C=O) groups is 1. The van der Waals surface area contributed by atoms with E-state index in [9.17, 15) is 23.3 Å².